The van der Waals surface area contributed by atoms with Gasteiger partial charge in [-0.2, -0.15) is 0 Å². The molecule has 0 spiro atoms. The van der Waals surface area contributed by atoms with Crippen molar-refractivity contribution >= 4 is 23.3 Å². The number of amides is 1. The van der Waals surface area contributed by atoms with Crippen LogP contribution in [0.3, 0.4) is 0 Å². The van der Waals surface area contributed by atoms with Gasteiger partial charge in [-0.1, -0.05) is 18.5 Å². The van der Waals surface area contributed by atoms with E-state index in [1.807, 2.05) is 6.92 Å². The van der Waals surface area contributed by atoms with Crippen molar-refractivity contribution < 1.29 is 4.79 Å². The third-order valence-electron chi connectivity index (χ3n) is 3.19. The summed E-state index contributed by atoms with van der Waals surface area (Å²) in [7, 11) is 0. The number of hydrogen-bond acceptors (Lipinski definition) is 4. The van der Waals surface area contributed by atoms with Gasteiger partial charge in [0.05, 0.1) is 0 Å². The van der Waals surface area contributed by atoms with E-state index in [1.165, 1.54) is 0 Å². The summed E-state index contributed by atoms with van der Waals surface area (Å²) < 4.78 is 0. The summed E-state index contributed by atoms with van der Waals surface area (Å²) in [6.07, 6.45) is 2.29. The fourth-order valence-electron chi connectivity index (χ4n) is 2.14. The zero-order valence-corrected chi connectivity index (χ0v) is 12.1. The molecule has 1 aliphatic rings. The molecule has 0 radical (unpaired) electrons. The Bertz CT molecular complexity index is 478. The van der Waals surface area contributed by atoms with E-state index in [4.69, 9.17) is 11.6 Å². The molecule has 0 unspecified atom stereocenters. The molecule has 0 atom stereocenters. The molecule has 5 nitrogen and oxygen atoms in total. The van der Waals surface area contributed by atoms with Crippen LogP contribution in [-0.4, -0.2) is 35.5 Å². The van der Waals surface area contributed by atoms with Crippen molar-refractivity contribution in [3.05, 3.63) is 16.5 Å². The lowest BCUT2D eigenvalue weighted by Gasteiger charge is -2.23. The summed E-state index contributed by atoms with van der Waals surface area (Å²) in [4.78, 5) is 22.4. The van der Waals surface area contributed by atoms with Gasteiger partial charge >= 0.3 is 0 Å². The van der Waals surface area contributed by atoms with Crippen LogP contribution < -0.4 is 10.2 Å². The minimum absolute atomic E-state index is 0.0917. The van der Waals surface area contributed by atoms with Crippen molar-refractivity contribution in [2.24, 2.45) is 0 Å². The Kier molecular flexibility index (Phi) is 4.58. The number of nitrogens with zero attached hydrogens (tertiary/aromatic N) is 3. The van der Waals surface area contributed by atoms with Crippen LogP contribution in [0.15, 0.2) is 0 Å². The molecule has 0 saturated carbocycles. The van der Waals surface area contributed by atoms with E-state index in [0.29, 0.717) is 24.7 Å². The first kappa shape index (κ1) is 14.1. The number of aryl methyl sites for hydroxylation is 1. The van der Waals surface area contributed by atoms with Crippen LogP contribution in [0.4, 0.5) is 5.82 Å². The summed E-state index contributed by atoms with van der Waals surface area (Å²) in [5.41, 5.74) is 0.885. The lowest BCUT2D eigenvalue weighted by molar-refractivity contribution is -0.120. The molecule has 2 rings (SSSR count). The van der Waals surface area contributed by atoms with Crippen LogP contribution in [0.1, 0.15) is 31.2 Å². The number of carbonyl (C=O) groups excluding carboxylic acids is 1. The molecule has 1 aliphatic heterocycles. The van der Waals surface area contributed by atoms with Crippen LogP contribution >= 0.6 is 11.6 Å². The first-order chi connectivity index (χ1) is 9.11. The Hall–Kier alpha value is -1.36. The average molecular weight is 283 g/mol. The number of hydrogen-bond donors (Lipinski definition) is 1. The van der Waals surface area contributed by atoms with Crippen LogP contribution in [0.5, 0.6) is 0 Å². The van der Waals surface area contributed by atoms with Crippen molar-refractivity contribution in [3.63, 3.8) is 0 Å². The first-order valence-electron chi connectivity index (χ1n) is 6.66. The van der Waals surface area contributed by atoms with E-state index in [0.717, 1.165) is 36.6 Å². The topological polar surface area (TPSA) is 58.1 Å². The quantitative estimate of drug-likeness (QED) is 0.858. The highest BCUT2D eigenvalue weighted by molar-refractivity contribution is 6.30. The Morgan fingerprint density at radius 2 is 2.16 bits per heavy atom. The average Bonchev–Trinajstić information content (AvgIpc) is 2.59. The van der Waals surface area contributed by atoms with Crippen molar-refractivity contribution in [2.75, 3.05) is 24.5 Å². The van der Waals surface area contributed by atoms with Crippen molar-refractivity contribution in [3.8, 4) is 0 Å². The van der Waals surface area contributed by atoms with Crippen molar-refractivity contribution in [2.45, 2.75) is 33.1 Å². The summed E-state index contributed by atoms with van der Waals surface area (Å²) in [5.74, 6) is 1.73. The zero-order chi connectivity index (χ0) is 13.8. The highest BCUT2D eigenvalue weighted by Gasteiger charge is 2.19. The number of carbonyl (C=O) groups is 1. The predicted octanol–water partition coefficient (Wildman–Crippen LogP) is 1.72. The number of anilines is 1. The van der Waals surface area contributed by atoms with Crippen LogP contribution in [0.25, 0.3) is 0 Å². The molecular weight excluding hydrogens is 264 g/mol. The molecule has 1 N–H and O–H groups in total. The van der Waals surface area contributed by atoms with E-state index >= 15 is 0 Å². The maximum Gasteiger partial charge on any atom is 0.221 e. The third-order valence-corrected chi connectivity index (χ3v) is 3.56. The second kappa shape index (κ2) is 6.19. The fourth-order valence-corrected chi connectivity index (χ4v) is 2.32. The molecule has 1 aromatic rings. The van der Waals surface area contributed by atoms with Crippen LogP contribution in [0, 0.1) is 6.92 Å². The molecule has 19 heavy (non-hydrogen) atoms. The Morgan fingerprint density at radius 1 is 1.37 bits per heavy atom. The number of aromatic nitrogens is 2. The minimum atomic E-state index is 0.0917. The molecule has 1 saturated heterocycles. The van der Waals surface area contributed by atoms with E-state index in [1.54, 1.807) is 0 Å². The second-order valence-electron chi connectivity index (χ2n) is 4.72. The van der Waals surface area contributed by atoms with Gasteiger partial charge in [0.15, 0.2) is 0 Å². The number of nitrogens with one attached hydrogen (secondary N) is 1. The van der Waals surface area contributed by atoms with Gasteiger partial charge in [0, 0.05) is 38.0 Å². The van der Waals surface area contributed by atoms with E-state index < -0.39 is 0 Å². The monoisotopic (exact) mass is 282 g/mol. The van der Waals surface area contributed by atoms with Gasteiger partial charge in [0.2, 0.25) is 5.91 Å². The molecule has 0 aliphatic carbocycles. The van der Waals surface area contributed by atoms with Crippen molar-refractivity contribution in [1.29, 1.82) is 0 Å². The molecule has 1 amide bonds. The third kappa shape index (κ3) is 3.35. The molecule has 2 heterocycles. The lowest BCUT2D eigenvalue weighted by Crippen LogP contribution is -2.30. The summed E-state index contributed by atoms with van der Waals surface area (Å²) in [6, 6.07) is 0. The van der Waals surface area contributed by atoms with Crippen molar-refractivity contribution in [1.82, 2.24) is 15.3 Å². The van der Waals surface area contributed by atoms with E-state index in [2.05, 4.69) is 27.1 Å². The van der Waals surface area contributed by atoms with Gasteiger partial charge in [0.25, 0.3) is 0 Å². The molecule has 104 valence electrons. The van der Waals surface area contributed by atoms with Gasteiger partial charge in [0.1, 0.15) is 16.8 Å². The normalized spacial score (nSPS) is 16.2. The maximum atomic E-state index is 11.4. The molecule has 6 heteroatoms. The van der Waals surface area contributed by atoms with Gasteiger partial charge in [-0.05, 0) is 13.3 Å². The zero-order valence-electron chi connectivity index (χ0n) is 11.4. The summed E-state index contributed by atoms with van der Waals surface area (Å²) in [6.45, 7) is 6.08. The highest BCUT2D eigenvalue weighted by Crippen LogP contribution is 2.24. The summed E-state index contributed by atoms with van der Waals surface area (Å²) >= 11 is 6.18. The largest absolute Gasteiger partial charge is 0.354 e. The molecular formula is C13H19ClN4O. The maximum absolute atomic E-state index is 11.4. The van der Waals surface area contributed by atoms with Gasteiger partial charge in [-0.15, -0.1) is 0 Å². The number of halogens is 1. The second-order valence-corrected chi connectivity index (χ2v) is 5.07. The molecule has 0 aromatic carbocycles. The molecule has 1 aromatic heterocycles. The van der Waals surface area contributed by atoms with E-state index in [-0.39, 0.29) is 5.91 Å². The van der Waals surface area contributed by atoms with Crippen LogP contribution in [0.2, 0.25) is 5.15 Å². The Labute approximate surface area is 118 Å². The summed E-state index contributed by atoms with van der Waals surface area (Å²) in [5, 5.41) is 3.37. The first-order valence-corrected chi connectivity index (χ1v) is 7.04. The van der Waals surface area contributed by atoms with Gasteiger partial charge < -0.3 is 10.2 Å². The Balaban J connectivity index is 2.29. The van der Waals surface area contributed by atoms with Gasteiger partial charge in [-0.3, -0.25) is 4.79 Å². The Morgan fingerprint density at radius 3 is 2.89 bits per heavy atom. The number of rotatable bonds is 3. The predicted molar refractivity (Wildman–Crippen MR) is 75.6 cm³/mol. The van der Waals surface area contributed by atoms with Crippen LogP contribution in [-0.2, 0) is 11.2 Å². The molecule has 0 bridgehead atoms. The highest BCUT2D eigenvalue weighted by atomic mass is 35.5. The van der Waals surface area contributed by atoms with E-state index in [9.17, 15) is 4.79 Å². The standard InChI is InChI=1S/C13H19ClN4O/c1-3-4-10-16-12(14)9(2)13(17-10)18-7-5-11(19)15-6-8-18/h3-8H2,1-2H3,(H,15,19). The smallest absolute Gasteiger partial charge is 0.221 e. The van der Waals surface area contributed by atoms with Gasteiger partial charge in [-0.25, -0.2) is 9.97 Å². The fraction of sp³-hybridized carbons (Fsp3) is 0.615. The minimum Gasteiger partial charge on any atom is -0.354 e. The lowest BCUT2D eigenvalue weighted by atomic mass is 10.2. The molecule has 1 fully saturated rings. The SMILES string of the molecule is CCCc1nc(Cl)c(C)c(N2CCNC(=O)CC2)n1.